The summed E-state index contributed by atoms with van der Waals surface area (Å²) in [7, 11) is 0. The number of likely N-dealkylation sites (N-methyl/N-ethyl adjacent to an activating group) is 2. The van der Waals surface area contributed by atoms with E-state index in [-0.39, 0.29) is 18.4 Å². The number of hydrogen-bond donors (Lipinski definition) is 1. The van der Waals surface area contributed by atoms with E-state index in [1.165, 1.54) is 17.0 Å². The van der Waals surface area contributed by atoms with E-state index >= 15 is 0 Å². The van der Waals surface area contributed by atoms with E-state index in [0.29, 0.717) is 28.7 Å². The van der Waals surface area contributed by atoms with Crippen LogP contribution in [0, 0.1) is 0 Å². The van der Waals surface area contributed by atoms with Gasteiger partial charge < -0.3 is 10.2 Å². The summed E-state index contributed by atoms with van der Waals surface area (Å²) in [6.07, 6.45) is 0. The average Bonchev–Trinajstić information content (AvgIpc) is 2.34. The van der Waals surface area contributed by atoms with Gasteiger partial charge in [0.05, 0.1) is 6.54 Å². The third-order valence-electron chi connectivity index (χ3n) is 2.49. The highest BCUT2D eigenvalue weighted by molar-refractivity contribution is 6.35. The molecule has 0 bridgehead atoms. The van der Waals surface area contributed by atoms with Gasteiger partial charge in [-0.1, -0.05) is 23.2 Å². The first-order valence-corrected chi connectivity index (χ1v) is 6.75. The smallest absolute Gasteiger partial charge is 0.254 e. The molecule has 0 aliphatic rings. The molecular weight excluding hydrogens is 287 g/mol. The summed E-state index contributed by atoms with van der Waals surface area (Å²) in [5.41, 5.74) is 0.378. The normalized spacial score (nSPS) is 10.1. The minimum atomic E-state index is -0.266. The van der Waals surface area contributed by atoms with Gasteiger partial charge in [0.1, 0.15) is 0 Å². The van der Waals surface area contributed by atoms with Crippen LogP contribution in [0.4, 0.5) is 0 Å². The number of nitrogens with zero attached hydrogens (tertiary/aromatic N) is 1. The summed E-state index contributed by atoms with van der Waals surface area (Å²) >= 11 is 11.7. The largest absolute Gasteiger partial charge is 0.355 e. The first-order valence-electron chi connectivity index (χ1n) is 6.00. The molecule has 6 heteroatoms. The summed E-state index contributed by atoms with van der Waals surface area (Å²) in [4.78, 5) is 25.2. The monoisotopic (exact) mass is 302 g/mol. The van der Waals surface area contributed by atoms with E-state index in [0.717, 1.165) is 0 Å². The minimum absolute atomic E-state index is 0.0211. The van der Waals surface area contributed by atoms with Crippen molar-refractivity contribution in [2.45, 2.75) is 13.8 Å². The molecule has 1 aromatic rings. The van der Waals surface area contributed by atoms with Crippen molar-refractivity contribution in [3.63, 3.8) is 0 Å². The predicted molar refractivity (Wildman–Crippen MR) is 76.7 cm³/mol. The molecule has 0 fully saturated rings. The average molecular weight is 303 g/mol. The summed E-state index contributed by atoms with van der Waals surface area (Å²) in [6, 6.07) is 4.63. The summed E-state index contributed by atoms with van der Waals surface area (Å²) in [6.45, 7) is 4.62. The van der Waals surface area contributed by atoms with Crippen LogP contribution < -0.4 is 5.32 Å². The zero-order chi connectivity index (χ0) is 14.4. The van der Waals surface area contributed by atoms with E-state index < -0.39 is 0 Å². The lowest BCUT2D eigenvalue weighted by molar-refractivity contribution is -0.121. The molecule has 0 aliphatic carbocycles. The van der Waals surface area contributed by atoms with Crippen LogP contribution in [0.1, 0.15) is 24.2 Å². The second-order valence-corrected chi connectivity index (χ2v) is 4.80. The standard InChI is InChI=1S/C13H16Cl2N2O2/c1-3-16-12(18)8-17(4-2)13(19)9-5-10(14)7-11(15)6-9/h5-7H,3-4,8H2,1-2H3,(H,16,18). The molecule has 0 radical (unpaired) electrons. The van der Waals surface area contributed by atoms with Crippen molar-refractivity contribution in [1.29, 1.82) is 0 Å². The number of amides is 2. The zero-order valence-corrected chi connectivity index (χ0v) is 12.4. The SMILES string of the molecule is CCNC(=O)CN(CC)C(=O)c1cc(Cl)cc(Cl)c1. The maximum Gasteiger partial charge on any atom is 0.254 e. The van der Waals surface area contributed by atoms with E-state index in [4.69, 9.17) is 23.2 Å². The summed E-state index contributed by atoms with van der Waals surface area (Å²) < 4.78 is 0. The van der Waals surface area contributed by atoms with Crippen LogP contribution in [0.15, 0.2) is 18.2 Å². The van der Waals surface area contributed by atoms with Crippen molar-refractivity contribution >= 4 is 35.0 Å². The van der Waals surface area contributed by atoms with Gasteiger partial charge in [0, 0.05) is 28.7 Å². The molecule has 1 aromatic carbocycles. The molecule has 0 saturated carbocycles. The number of nitrogens with one attached hydrogen (secondary N) is 1. The van der Waals surface area contributed by atoms with Crippen LogP contribution in [-0.4, -0.2) is 36.3 Å². The Morgan fingerprint density at radius 3 is 2.21 bits per heavy atom. The highest BCUT2D eigenvalue weighted by atomic mass is 35.5. The Morgan fingerprint density at radius 2 is 1.74 bits per heavy atom. The molecule has 104 valence electrons. The van der Waals surface area contributed by atoms with Crippen LogP contribution in [0.5, 0.6) is 0 Å². The molecule has 0 heterocycles. The van der Waals surface area contributed by atoms with Gasteiger partial charge in [-0.3, -0.25) is 9.59 Å². The van der Waals surface area contributed by atoms with Crippen molar-refractivity contribution < 1.29 is 9.59 Å². The second kappa shape index (κ2) is 7.36. The fourth-order valence-corrected chi connectivity index (χ4v) is 2.14. The molecular formula is C13H16Cl2N2O2. The highest BCUT2D eigenvalue weighted by Gasteiger charge is 2.17. The molecule has 1 N–H and O–H groups in total. The van der Waals surface area contributed by atoms with Crippen LogP contribution in [0.25, 0.3) is 0 Å². The van der Waals surface area contributed by atoms with E-state index in [2.05, 4.69) is 5.32 Å². The van der Waals surface area contributed by atoms with Crippen LogP contribution in [0.3, 0.4) is 0 Å². The second-order valence-electron chi connectivity index (χ2n) is 3.93. The van der Waals surface area contributed by atoms with Crippen LogP contribution in [-0.2, 0) is 4.79 Å². The lowest BCUT2D eigenvalue weighted by Gasteiger charge is -2.20. The third kappa shape index (κ3) is 4.73. The number of benzene rings is 1. The number of carbonyl (C=O) groups excluding carboxylic acids is 2. The first-order chi connectivity index (χ1) is 8.97. The van der Waals surface area contributed by atoms with E-state index in [1.54, 1.807) is 6.07 Å². The number of hydrogen-bond acceptors (Lipinski definition) is 2. The van der Waals surface area contributed by atoms with Crippen molar-refractivity contribution in [2.75, 3.05) is 19.6 Å². The Hall–Kier alpha value is -1.26. The molecule has 0 saturated heterocycles. The Kier molecular flexibility index (Phi) is 6.12. The number of halogens is 2. The lowest BCUT2D eigenvalue weighted by Crippen LogP contribution is -2.40. The van der Waals surface area contributed by atoms with Gasteiger partial charge in [0.2, 0.25) is 5.91 Å². The van der Waals surface area contributed by atoms with Crippen molar-refractivity contribution in [3.05, 3.63) is 33.8 Å². The van der Waals surface area contributed by atoms with Crippen LogP contribution in [0.2, 0.25) is 10.0 Å². The quantitative estimate of drug-likeness (QED) is 0.909. The molecule has 2 amide bonds. The number of carbonyl (C=O) groups is 2. The maximum absolute atomic E-state index is 12.2. The van der Waals surface area contributed by atoms with Gasteiger partial charge in [-0.25, -0.2) is 0 Å². The molecule has 4 nitrogen and oxygen atoms in total. The molecule has 0 aliphatic heterocycles. The lowest BCUT2D eigenvalue weighted by atomic mass is 10.2. The van der Waals surface area contributed by atoms with Crippen LogP contribution >= 0.6 is 23.2 Å². The van der Waals surface area contributed by atoms with Gasteiger partial charge in [-0.05, 0) is 32.0 Å². The molecule has 0 unspecified atom stereocenters. The maximum atomic E-state index is 12.2. The Labute approximate surface area is 122 Å². The first kappa shape index (κ1) is 15.8. The van der Waals surface area contributed by atoms with Crippen molar-refractivity contribution in [2.24, 2.45) is 0 Å². The zero-order valence-electron chi connectivity index (χ0n) is 10.9. The van der Waals surface area contributed by atoms with Gasteiger partial charge in [0.25, 0.3) is 5.91 Å². The third-order valence-corrected chi connectivity index (χ3v) is 2.92. The molecule has 0 spiro atoms. The van der Waals surface area contributed by atoms with Gasteiger partial charge >= 0.3 is 0 Å². The van der Waals surface area contributed by atoms with E-state index in [9.17, 15) is 9.59 Å². The fourth-order valence-electron chi connectivity index (χ4n) is 1.61. The topological polar surface area (TPSA) is 49.4 Å². The molecule has 19 heavy (non-hydrogen) atoms. The van der Waals surface area contributed by atoms with Crippen molar-refractivity contribution in [3.8, 4) is 0 Å². The summed E-state index contributed by atoms with van der Waals surface area (Å²) in [5, 5.41) is 3.44. The van der Waals surface area contributed by atoms with Gasteiger partial charge in [0.15, 0.2) is 0 Å². The van der Waals surface area contributed by atoms with Gasteiger partial charge in [-0.15, -0.1) is 0 Å². The highest BCUT2D eigenvalue weighted by Crippen LogP contribution is 2.20. The molecule has 0 atom stereocenters. The predicted octanol–water partition coefficient (Wildman–Crippen LogP) is 2.59. The summed E-state index contributed by atoms with van der Waals surface area (Å²) in [5.74, 6) is -0.455. The fraction of sp³-hybridized carbons (Fsp3) is 0.385. The molecule has 0 aromatic heterocycles. The Balaban J connectivity index is 2.86. The Morgan fingerprint density at radius 1 is 1.16 bits per heavy atom. The number of rotatable bonds is 5. The van der Waals surface area contributed by atoms with E-state index in [1.807, 2.05) is 13.8 Å². The van der Waals surface area contributed by atoms with Crippen molar-refractivity contribution in [1.82, 2.24) is 10.2 Å². The van der Waals surface area contributed by atoms with Gasteiger partial charge in [-0.2, -0.15) is 0 Å². The minimum Gasteiger partial charge on any atom is -0.355 e. The molecule has 1 rings (SSSR count). The Bertz CT molecular complexity index is 457.